The van der Waals surface area contributed by atoms with E-state index >= 15 is 0 Å². The van der Waals surface area contributed by atoms with Gasteiger partial charge in [0.25, 0.3) is 10.8 Å². The van der Waals surface area contributed by atoms with Crippen molar-refractivity contribution in [2.45, 2.75) is 13.3 Å². The second-order valence-corrected chi connectivity index (χ2v) is 3.15. The first-order chi connectivity index (χ1) is 7.22. The lowest BCUT2D eigenvalue weighted by Gasteiger charge is -2.12. The van der Waals surface area contributed by atoms with E-state index in [-0.39, 0.29) is 5.56 Å². The molecule has 0 aliphatic carbocycles. The molecule has 0 spiro atoms. The molecular formula is C8H5ClF3NO3. The third kappa shape index (κ3) is 2.75. The van der Waals surface area contributed by atoms with Crippen molar-refractivity contribution in [2.24, 2.45) is 0 Å². The molecule has 0 saturated heterocycles. The largest absolute Gasteiger partial charge is 0.573 e. The molecule has 16 heavy (non-hydrogen) atoms. The quantitative estimate of drug-likeness (QED) is 0.822. The highest BCUT2D eigenvalue weighted by molar-refractivity contribution is 6.68. The summed E-state index contributed by atoms with van der Waals surface area (Å²) in [4.78, 5) is 23.9. The van der Waals surface area contributed by atoms with E-state index in [0.29, 0.717) is 0 Å². The van der Waals surface area contributed by atoms with Crippen molar-refractivity contribution < 1.29 is 22.7 Å². The first-order valence-electron chi connectivity index (χ1n) is 3.90. The average Bonchev–Trinajstić information content (AvgIpc) is 2.10. The van der Waals surface area contributed by atoms with Gasteiger partial charge in [0.1, 0.15) is 0 Å². The van der Waals surface area contributed by atoms with Crippen LogP contribution in [0.1, 0.15) is 15.9 Å². The summed E-state index contributed by atoms with van der Waals surface area (Å²) < 4.78 is 39.6. The van der Waals surface area contributed by atoms with Crippen LogP contribution in [-0.2, 0) is 0 Å². The van der Waals surface area contributed by atoms with E-state index in [1.54, 1.807) is 0 Å². The van der Waals surface area contributed by atoms with Gasteiger partial charge in [0.2, 0.25) is 0 Å². The highest BCUT2D eigenvalue weighted by Gasteiger charge is 2.34. The van der Waals surface area contributed by atoms with Gasteiger partial charge in [-0.3, -0.25) is 9.59 Å². The Bertz CT molecular complexity index is 480. The summed E-state index contributed by atoms with van der Waals surface area (Å²) in [5, 5.41) is -1.15. The summed E-state index contributed by atoms with van der Waals surface area (Å²) in [7, 11) is 0. The molecular weight excluding hydrogens is 251 g/mol. The fraction of sp³-hybridized carbons (Fsp3) is 0.250. The second-order valence-electron chi connectivity index (χ2n) is 2.81. The summed E-state index contributed by atoms with van der Waals surface area (Å²) in [6.45, 7) is 1.09. The number of rotatable bonds is 2. The fourth-order valence-electron chi connectivity index (χ4n) is 1.01. The Kier molecular flexibility index (Phi) is 3.27. The van der Waals surface area contributed by atoms with Crippen molar-refractivity contribution in [2.75, 3.05) is 0 Å². The molecule has 88 valence electrons. The number of hydrogen-bond acceptors (Lipinski definition) is 3. The molecule has 0 aromatic carbocycles. The van der Waals surface area contributed by atoms with Crippen molar-refractivity contribution in [1.29, 1.82) is 0 Å². The zero-order valence-corrected chi connectivity index (χ0v) is 8.57. The smallest absolute Gasteiger partial charge is 0.404 e. The molecule has 1 heterocycles. The maximum absolute atomic E-state index is 12.0. The summed E-state index contributed by atoms with van der Waals surface area (Å²) in [6, 6.07) is 0. The van der Waals surface area contributed by atoms with Crippen LogP contribution in [0.3, 0.4) is 0 Å². The highest BCUT2D eigenvalue weighted by atomic mass is 35.5. The Balaban J connectivity index is 3.38. The van der Waals surface area contributed by atoms with Crippen molar-refractivity contribution >= 4 is 16.8 Å². The minimum atomic E-state index is -5.00. The number of halogens is 4. The molecule has 0 atom stereocenters. The molecule has 4 nitrogen and oxygen atoms in total. The minimum absolute atomic E-state index is 0.371. The molecule has 0 bridgehead atoms. The molecule has 0 fully saturated rings. The van der Waals surface area contributed by atoms with Crippen LogP contribution >= 0.6 is 11.6 Å². The number of carbonyl (C=O) groups excluding carboxylic acids is 1. The number of aromatic amines is 1. The molecule has 0 aliphatic heterocycles. The van der Waals surface area contributed by atoms with Crippen molar-refractivity contribution in [3.63, 3.8) is 0 Å². The number of alkyl halides is 3. The Labute approximate surface area is 92.0 Å². The molecule has 8 heteroatoms. The monoisotopic (exact) mass is 255 g/mol. The number of H-pyrrole nitrogens is 1. The Morgan fingerprint density at radius 1 is 1.50 bits per heavy atom. The van der Waals surface area contributed by atoms with Gasteiger partial charge in [0.05, 0.1) is 11.1 Å². The zero-order valence-electron chi connectivity index (χ0n) is 7.81. The Morgan fingerprint density at radius 3 is 2.50 bits per heavy atom. The van der Waals surface area contributed by atoms with Crippen LogP contribution in [-0.4, -0.2) is 16.6 Å². The van der Waals surface area contributed by atoms with Gasteiger partial charge in [-0.15, -0.1) is 13.2 Å². The van der Waals surface area contributed by atoms with Crippen LogP contribution in [0.2, 0.25) is 0 Å². The lowest BCUT2D eigenvalue weighted by molar-refractivity contribution is -0.275. The fourth-order valence-corrected chi connectivity index (χ4v) is 1.15. The van der Waals surface area contributed by atoms with E-state index < -0.39 is 28.5 Å². The molecule has 1 N–H and O–H groups in total. The number of hydrogen-bond donors (Lipinski definition) is 1. The standard InChI is InChI=1S/C8H5ClF3NO3/c1-3-5(16-8(10,11)12)4(6(9)14)2-13-7(3)15/h2H,1H3,(H,13,15). The van der Waals surface area contributed by atoms with Gasteiger partial charge in [0, 0.05) is 6.20 Å². The molecule has 1 rings (SSSR count). The van der Waals surface area contributed by atoms with E-state index in [2.05, 4.69) is 9.72 Å². The van der Waals surface area contributed by atoms with Crippen LogP contribution in [0.15, 0.2) is 11.0 Å². The van der Waals surface area contributed by atoms with Gasteiger partial charge in [-0.1, -0.05) is 0 Å². The topological polar surface area (TPSA) is 59.2 Å². The van der Waals surface area contributed by atoms with Crippen molar-refractivity contribution in [3.8, 4) is 5.75 Å². The van der Waals surface area contributed by atoms with E-state index in [1.807, 2.05) is 0 Å². The van der Waals surface area contributed by atoms with E-state index in [9.17, 15) is 22.8 Å². The normalized spacial score (nSPS) is 11.3. The molecule has 0 unspecified atom stereocenters. The summed E-state index contributed by atoms with van der Waals surface area (Å²) >= 11 is 5.05. The average molecular weight is 256 g/mol. The molecule has 1 aromatic heterocycles. The number of pyridine rings is 1. The third-order valence-corrected chi connectivity index (χ3v) is 1.91. The van der Waals surface area contributed by atoms with Gasteiger partial charge in [0.15, 0.2) is 5.75 Å². The van der Waals surface area contributed by atoms with Crippen LogP contribution in [0.25, 0.3) is 0 Å². The molecule has 0 radical (unpaired) electrons. The summed E-state index contributed by atoms with van der Waals surface area (Å²) in [5.74, 6) is -0.878. The number of aromatic nitrogens is 1. The lowest BCUT2D eigenvalue weighted by Crippen LogP contribution is -2.22. The van der Waals surface area contributed by atoms with E-state index in [4.69, 9.17) is 11.6 Å². The predicted molar refractivity (Wildman–Crippen MR) is 48.7 cm³/mol. The van der Waals surface area contributed by atoms with Crippen LogP contribution < -0.4 is 10.3 Å². The second kappa shape index (κ2) is 4.17. The van der Waals surface area contributed by atoms with E-state index in [0.717, 1.165) is 13.1 Å². The van der Waals surface area contributed by atoms with Gasteiger partial charge in [-0.05, 0) is 18.5 Å². The molecule has 0 aliphatic rings. The van der Waals surface area contributed by atoms with Gasteiger partial charge < -0.3 is 9.72 Å². The predicted octanol–water partition coefficient (Wildman–Crippen LogP) is 1.96. The Hall–Kier alpha value is -1.50. The maximum atomic E-state index is 12.0. The zero-order chi connectivity index (χ0) is 12.5. The first kappa shape index (κ1) is 12.6. The first-order valence-corrected chi connectivity index (χ1v) is 4.28. The van der Waals surface area contributed by atoms with Gasteiger partial charge in [-0.25, -0.2) is 0 Å². The molecule has 0 saturated carbocycles. The summed E-state index contributed by atoms with van der Waals surface area (Å²) in [5.41, 5.74) is -1.71. The number of nitrogens with one attached hydrogen (secondary N) is 1. The highest BCUT2D eigenvalue weighted by Crippen LogP contribution is 2.28. The SMILES string of the molecule is Cc1c(OC(F)(F)F)c(C(=O)Cl)c[nH]c1=O. The number of ether oxygens (including phenoxy) is 1. The third-order valence-electron chi connectivity index (χ3n) is 1.70. The van der Waals surface area contributed by atoms with Crippen LogP contribution in [0, 0.1) is 6.92 Å². The van der Waals surface area contributed by atoms with Gasteiger partial charge >= 0.3 is 6.36 Å². The Morgan fingerprint density at radius 2 is 2.06 bits per heavy atom. The number of carbonyl (C=O) groups is 1. The van der Waals surface area contributed by atoms with E-state index in [1.165, 1.54) is 0 Å². The van der Waals surface area contributed by atoms with Crippen molar-refractivity contribution in [3.05, 3.63) is 27.7 Å². The lowest BCUT2D eigenvalue weighted by atomic mass is 10.2. The minimum Gasteiger partial charge on any atom is -0.404 e. The van der Waals surface area contributed by atoms with Crippen LogP contribution in [0.4, 0.5) is 13.2 Å². The molecule has 0 amide bonds. The van der Waals surface area contributed by atoms with Crippen LogP contribution in [0.5, 0.6) is 5.75 Å². The molecule has 1 aromatic rings. The van der Waals surface area contributed by atoms with Gasteiger partial charge in [-0.2, -0.15) is 0 Å². The summed E-state index contributed by atoms with van der Waals surface area (Å²) in [6.07, 6.45) is -4.23. The van der Waals surface area contributed by atoms with Crippen molar-refractivity contribution in [1.82, 2.24) is 4.98 Å². The maximum Gasteiger partial charge on any atom is 0.573 e.